The van der Waals surface area contributed by atoms with Crippen molar-refractivity contribution in [2.75, 3.05) is 13.6 Å². The highest BCUT2D eigenvalue weighted by Crippen LogP contribution is 2.27. The minimum atomic E-state index is -0.966. The van der Waals surface area contributed by atoms with E-state index in [1.54, 1.807) is 48.5 Å². The Morgan fingerprint density at radius 1 is 1.14 bits per heavy atom. The van der Waals surface area contributed by atoms with Gasteiger partial charge in [-0.2, -0.15) is 0 Å². The Labute approximate surface area is 212 Å². The van der Waals surface area contributed by atoms with Crippen molar-refractivity contribution in [1.82, 2.24) is 15.1 Å². The Morgan fingerprint density at radius 2 is 1.72 bits per heavy atom. The number of rotatable bonds is 7. The summed E-state index contributed by atoms with van der Waals surface area (Å²) in [6.07, 6.45) is -0.171. The first-order valence-electron chi connectivity index (χ1n) is 12.0. The quantitative estimate of drug-likeness (QED) is 0.569. The number of nitrogens with one attached hydrogen (secondary N) is 1. The van der Waals surface area contributed by atoms with Crippen molar-refractivity contribution in [3.63, 3.8) is 0 Å². The molecule has 0 unspecified atom stereocenters. The van der Waals surface area contributed by atoms with Gasteiger partial charge in [0.05, 0.1) is 12.6 Å². The normalized spacial score (nSPS) is 19.8. The molecule has 1 fully saturated rings. The average molecular weight is 508 g/mol. The lowest BCUT2D eigenvalue weighted by molar-refractivity contribution is -0.142. The van der Waals surface area contributed by atoms with E-state index >= 15 is 0 Å². The van der Waals surface area contributed by atoms with Crippen molar-refractivity contribution in [3.05, 3.63) is 30.1 Å². The monoisotopic (exact) mass is 507 g/mol. The van der Waals surface area contributed by atoms with Gasteiger partial charge < -0.3 is 24.5 Å². The number of aldehydes is 1. The third-order valence-corrected chi connectivity index (χ3v) is 5.90. The SMILES string of the molecule is C[C@@H](C(=O)N[C@H](C(=O)N1C[C@@H](Oc2ccc(F)cc2)C[C@H]1C=O)C(C)(C)C)N(C)C(=O)OC(C)(C)C. The average Bonchev–Trinajstić information content (AvgIpc) is 3.18. The molecule has 1 aliphatic rings. The molecular weight excluding hydrogens is 469 g/mol. The fourth-order valence-corrected chi connectivity index (χ4v) is 3.74. The maximum absolute atomic E-state index is 13.6. The number of nitrogens with zero attached hydrogens (tertiary/aromatic N) is 2. The Balaban J connectivity index is 2.15. The van der Waals surface area contributed by atoms with Crippen molar-refractivity contribution in [3.8, 4) is 5.75 Å². The van der Waals surface area contributed by atoms with E-state index in [0.29, 0.717) is 12.0 Å². The summed E-state index contributed by atoms with van der Waals surface area (Å²) in [5.41, 5.74) is -1.42. The lowest BCUT2D eigenvalue weighted by Crippen LogP contribution is -2.59. The molecular formula is C26H38FN3O6. The summed E-state index contributed by atoms with van der Waals surface area (Å²) in [6, 6.07) is 2.90. The minimum Gasteiger partial charge on any atom is -0.488 e. The van der Waals surface area contributed by atoms with Crippen molar-refractivity contribution in [1.29, 1.82) is 0 Å². The molecule has 0 bridgehead atoms. The largest absolute Gasteiger partial charge is 0.488 e. The lowest BCUT2D eigenvalue weighted by Gasteiger charge is -2.36. The Kier molecular flexibility index (Phi) is 9.09. The Hall–Kier alpha value is -3.17. The van der Waals surface area contributed by atoms with Crippen LogP contribution in [0.2, 0.25) is 0 Å². The zero-order valence-electron chi connectivity index (χ0n) is 22.3. The summed E-state index contributed by atoms with van der Waals surface area (Å²) >= 11 is 0. The maximum Gasteiger partial charge on any atom is 0.410 e. The molecule has 1 aliphatic heterocycles. The topological polar surface area (TPSA) is 105 Å². The van der Waals surface area contributed by atoms with Gasteiger partial charge in [-0.05, 0) is 57.4 Å². The summed E-state index contributed by atoms with van der Waals surface area (Å²) in [7, 11) is 1.45. The van der Waals surface area contributed by atoms with Crippen LogP contribution in [0.4, 0.5) is 9.18 Å². The molecule has 1 heterocycles. The second-order valence-electron chi connectivity index (χ2n) is 11.2. The predicted molar refractivity (Wildman–Crippen MR) is 132 cm³/mol. The van der Waals surface area contributed by atoms with Crippen molar-refractivity contribution in [2.24, 2.45) is 5.41 Å². The van der Waals surface area contributed by atoms with Crippen LogP contribution in [-0.2, 0) is 19.1 Å². The highest BCUT2D eigenvalue weighted by Gasteiger charge is 2.43. The maximum atomic E-state index is 13.6. The molecule has 1 N–H and O–H groups in total. The molecule has 1 saturated heterocycles. The number of carbonyl (C=O) groups is 4. The summed E-state index contributed by atoms with van der Waals surface area (Å²) < 4.78 is 24.4. The second kappa shape index (κ2) is 11.3. The van der Waals surface area contributed by atoms with E-state index in [1.165, 1.54) is 41.1 Å². The highest BCUT2D eigenvalue weighted by molar-refractivity contribution is 5.92. The summed E-state index contributed by atoms with van der Waals surface area (Å²) in [4.78, 5) is 53.4. The zero-order valence-corrected chi connectivity index (χ0v) is 22.3. The first-order valence-corrected chi connectivity index (χ1v) is 12.0. The number of amides is 3. The van der Waals surface area contributed by atoms with Crippen LogP contribution < -0.4 is 10.1 Å². The molecule has 1 aromatic carbocycles. The molecule has 2 rings (SSSR count). The third-order valence-electron chi connectivity index (χ3n) is 5.90. The van der Waals surface area contributed by atoms with Gasteiger partial charge in [0.1, 0.15) is 41.6 Å². The minimum absolute atomic E-state index is 0.134. The van der Waals surface area contributed by atoms with Gasteiger partial charge in [-0.25, -0.2) is 9.18 Å². The molecule has 0 aromatic heterocycles. The molecule has 9 nitrogen and oxygen atoms in total. The summed E-state index contributed by atoms with van der Waals surface area (Å²) in [6.45, 7) is 12.3. The van der Waals surface area contributed by atoms with E-state index in [1.807, 2.05) is 0 Å². The number of hydrogen-bond donors (Lipinski definition) is 1. The number of carbonyl (C=O) groups excluding carboxylic acids is 4. The van der Waals surface area contributed by atoms with Crippen molar-refractivity contribution in [2.45, 2.75) is 84.7 Å². The van der Waals surface area contributed by atoms with Gasteiger partial charge in [0, 0.05) is 13.5 Å². The molecule has 36 heavy (non-hydrogen) atoms. The van der Waals surface area contributed by atoms with Crippen LogP contribution in [0, 0.1) is 11.2 Å². The van der Waals surface area contributed by atoms with Crippen LogP contribution in [0.1, 0.15) is 54.9 Å². The molecule has 4 atom stereocenters. The molecule has 0 spiro atoms. The van der Waals surface area contributed by atoms with Gasteiger partial charge in [-0.1, -0.05) is 20.8 Å². The lowest BCUT2D eigenvalue weighted by atomic mass is 9.85. The van der Waals surface area contributed by atoms with Gasteiger partial charge in [0.25, 0.3) is 0 Å². The van der Waals surface area contributed by atoms with Gasteiger partial charge in [0.15, 0.2) is 0 Å². The molecule has 0 saturated carbocycles. The molecule has 200 valence electrons. The predicted octanol–water partition coefficient (Wildman–Crippen LogP) is 3.16. The van der Waals surface area contributed by atoms with Crippen molar-refractivity contribution >= 4 is 24.2 Å². The zero-order chi connectivity index (χ0) is 27.4. The van der Waals surface area contributed by atoms with Crippen LogP contribution in [0.25, 0.3) is 0 Å². The number of likely N-dealkylation sites (tertiary alicyclic amines) is 1. The van der Waals surface area contributed by atoms with Gasteiger partial charge in [0.2, 0.25) is 11.8 Å². The highest BCUT2D eigenvalue weighted by atomic mass is 19.1. The van der Waals surface area contributed by atoms with Crippen LogP contribution in [0.3, 0.4) is 0 Å². The van der Waals surface area contributed by atoms with Crippen LogP contribution >= 0.6 is 0 Å². The molecule has 1 aromatic rings. The third kappa shape index (κ3) is 7.66. The first kappa shape index (κ1) is 29.1. The first-order chi connectivity index (χ1) is 16.5. The Bertz CT molecular complexity index is 954. The standard InChI is InChI=1S/C26H38FN3O6/c1-16(29(8)24(34)36-26(5,6)7)22(32)28-21(25(2,3)4)23(33)30-14-20(13-18(30)15-31)35-19-11-9-17(27)10-12-19/h9-12,15-16,18,20-21H,13-14H2,1-8H3,(H,28,32)/t16-,18-,20-,21+/m0/s1. The Morgan fingerprint density at radius 3 is 2.22 bits per heavy atom. The second-order valence-corrected chi connectivity index (χ2v) is 11.2. The van der Waals surface area contributed by atoms with E-state index in [2.05, 4.69) is 5.32 Å². The fourth-order valence-electron chi connectivity index (χ4n) is 3.74. The van der Waals surface area contributed by atoms with Crippen LogP contribution in [0.15, 0.2) is 24.3 Å². The molecule has 10 heteroatoms. The van der Waals surface area contributed by atoms with Crippen LogP contribution in [0.5, 0.6) is 5.75 Å². The van der Waals surface area contributed by atoms with E-state index in [-0.39, 0.29) is 13.0 Å². The molecule has 0 radical (unpaired) electrons. The van der Waals surface area contributed by atoms with E-state index in [9.17, 15) is 23.6 Å². The number of benzene rings is 1. The van der Waals surface area contributed by atoms with E-state index in [0.717, 1.165) is 0 Å². The van der Waals surface area contributed by atoms with Crippen molar-refractivity contribution < 1.29 is 33.0 Å². The smallest absolute Gasteiger partial charge is 0.410 e. The van der Waals surface area contributed by atoms with E-state index < -0.39 is 59.0 Å². The molecule has 3 amide bonds. The molecule has 0 aliphatic carbocycles. The van der Waals surface area contributed by atoms with Gasteiger partial charge in [-0.3, -0.25) is 14.5 Å². The van der Waals surface area contributed by atoms with Gasteiger partial charge in [-0.15, -0.1) is 0 Å². The van der Waals surface area contributed by atoms with E-state index in [4.69, 9.17) is 9.47 Å². The van der Waals surface area contributed by atoms with Gasteiger partial charge >= 0.3 is 6.09 Å². The van der Waals surface area contributed by atoms with Crippen LogP contribution in [-0.4, -0.2) is 77.4 Å². The summed E-state index contributed by atoms with van der Waals surface area (Å²) in [5, 5.41) is 2.77. The summed E-state index contributed by atoms with van der Waals surface area (Å²) in [5.74, 6) is -0.922. The number of halogens is 1. The number of ether oxygens (including phenoxy) is 2. The number of likely N-dealkylation sites (N-methyl/N-ethyl adjacent to an activating group) is 1. The number of hydrogen-bond acceptors (Lipinski definition) is 6. The fraction of sp³-hybridized carbons (Fsp3) is 0.615.